The zero-order valence-electron chi connectivity index (χ0n) is 4.78. The van der Waals surface area contributed by atoms with Gasteiger partial charge in [-0.05, 0) is 24.6 Å². The number of rotatable bonds is 0. The molecular weight excluding hydrogens is 98.1 g/mol. The van der Waals surface area contributed by atoms with Crippen LogP contribution >= 0.6 is 0 Å². The van der Waals surface area contributed by atoms with Crippen molar-refractivity contribution < 1.29 is 0 Å². The van der Waals surface area contributed by atoms with Gasteiger partial charge >= 0.3 is 0 Å². The van der Waals surface area contributed by atoms with Crippen molar-refractivity contribution in [3.63, 3.8) is 0 Å². The van der Waals surface area contributed by atoms with Gasteiger partial charge in [0.05, 0.1) is 0 Å². The van der Waals surface area contributed by atoms with E-state index in [2.05, 4.69) is 11.2 Å². The molecular formula is C7H9N. The number of terminal acetylenes is 1. The SMILES string of the molecule is C#CC=C1CCNC1. The van der Waals surface area contributed by atoms with Crippen LogP contribution in [-0.4, -0.2) is 13.1 Å². The van der Waals surface area contributed by atoms with Crippen molar-refractivity contribution in [1.29, 1.82) is 0 Å². The Morgan fingerprint density at radius 1 is 1.75 bits per heavy atom. The van der Waals surface area contributed by atoms with Crippen LogP contribution in [0.3, 0.4) is 0 Å². The van der Waals surface area contributed by atoms with E-state index < -0.39 is 0 Å². The molecule has 0 amide bonds. The summed E-state index contributed by atoms with van der Waals surface area (Å²) in [6.45, 7) is 2.08. The van der Waals surface area contributed by atoms with Crippen LogP contribution in [-0.2, 0) is 0 Å². The van der Waals surface area contributed by atoms with Gasteiger partial charge in [0.15, 0.2) is 0 Å². The molecule has 1 aliphatic heterocycles. The minimum atomic E-state index is 0.990. The molecule has 0 unspecified atom stereocenters. The predicted octanol–water partition coefficient (Wildman–Crippen LogP) is 0.539. The minimum absolute atomic E-state index is 0.990. The summed E-state index contributed by atoms with van der Waals surface area (Å²) < 4.78 is 0. The highest BCUT2D eigenvalue weighted by Crippen LogP contribution is 2.03. The van der Waals surface area contributed by atoms with E-state index in [1.165, 1.54) is 5.57 Å². The summed E-state index contributed by atoms with van der Waals surface area (Å²) in [5, 5.41) is 3.19. The molecule has 1 saturated heterocycles. The van der Waals surface area contributed by atoms with Gasteiger partial charge in [0.2, 0.25) is 0 Å². The molecule has 0 bridgehead atoms. The van der Waals surface area contributed by atoms with Gasteiger partial charge in [-0.1, -0.05) is 5.92 Å². The van der Waals surface area contributed by atoms with Gasteiger partial charge in [0.25, 0.3) is 0 Å². The number of nitrogens with one attached hydrogen (secondary N) is 1. The molecule has 1 fully saturated rings. The quantitative estimate of drug-likeness (QED) is 0.445. The Hall–Kier alpha value is -0.740. The topological polar surface area (TPSA) is 12.0 Å². The highest BCUT2D eigenvalue weighted by atomic mass is 14.9. The summed E-state index contributed by atoms with van der Waals surface area (Å²) in [6.07, 6.45) is 8.03. The zero-order valence-corrected chi connectivity index (χ0v) is 4.78. The van der Waals surface area contributed by atoms with Crippen LogP contribution in [0.1, 0.15) is 6.42 Å². The standard InChI is InChI=1S/C7H9N/c1-2-3-7-4-5-8-6-7/h1,3,8H,4-6H2. The number of hydrogen-bond acceptors (Lipinski definition) is 1. The van der Waals surface area contributed by atoms with Crippen LogP contribution in [0, 0.1) is 12.3 Å². The smallest absolute Gasteiger partial charge is 0.0174 e. The molecule has 0 radical (unpaired) electrons. The zero-order chi connectivity index (χ0) is 5.82. The Balaban J connectivity index is 2.48. The molecule has 42 valence electrons. The van der Waals surface area contributed by atoms with E-state index in [1.54, 1.807) is 0 Å². The first kappa shape index (κ1) is 5.40. The Morgan fingerprint density at radius 3 is 3.12 bits per heavy atom. The third-order valence-corrected chi connectivity index (χ3v) is 1.26. The maximum Gasteiger partial charge on any atom is 0.0174 e. The lowest BCUT2D eigenvalue weighted by Gasteiger charge is -1.84. The van der Waals surface area contributed by atoms with Crippen LogP contribution in [0.2, 0.25) is 0 Å². The summed E-state index contributed by atoms with van der Waals surface area (Å²) in [5.41, 5.74) is 1.35. The molecule has 1 heterocycles. The van der Waals surface area contributed by atoms with Crippen molar-refractivity contribution in [1.82, 2.24) is 5.32 Å². The normalized spacial score (nSPS) is 23.6. The molecule has 0 spiro atoms. The fourth-order valence-electron chi connectivity index (χ4n) is 0.827. The summed E-state index contributed by atoms with van der Waals surface area (Å²) in [6, 6.07) is 0. The Morgan fingerprint density at radius 2 is 2.62 bits per heavy atom. The van der Waals surface area contributed by atoms with Crippen LogP contribution in [0.5, 0.6) is 0 Å². The summed E-state index contributed by atoms with van der Waals surface area (Å²) in [4.78, 5) is 0. The monoisotopic (exact) mass is 107 g/mol. The summed E-state index contributed by atoms with van der Waals surface area (Å²) in [5.74, 6) is 2.51. The molecule has 1 N–H and O–H groups in total. The van der Waals surface area contributed by atoms with E-state index in [0.717, 1.165) is 19.5 Å². The Kier molecular flexibility index (Phi) is 1.71. The molecule has 0 aromatic rings. The third-order valence-electron chi connectivity index (χ3n) is 1.26. The first-order valence-electron chi connectivity index (χ1n) is 2.78. The van der Waals surface area contributed by atoms with Gasteiger partial charge in [-0.2, -0.15) is 0 Å². The van der Waals surface area contributed by atoms with E-state index >= 15 is 0 Å². The maximum atomic E-state index is 5.05. The first-order valence-corrected chi connectivity index (χ1v) is 2.78. The molecule has 0 aliphatic carbocycles. The summed E-state index contributed by atoms with van der Waals surface area (Å²) >= 11 is 0. The Labute approximate surface area is 49.8 Å². The van der Waals surface area contributed by atoms with Gasteiger partial charge in [-0.25, -0.2) is 0 Å². The van der Waals surface area contributed by atoms with E-state index in [4.69, 9.17) is 6.42 Å². The van der Waals surface area contributed by atoms with Crippen molar-refractivity contribution >= 4 is 0 Å². The summed E-state index contributed by atoms with van der Waals surface area (Å²) in [7, 11) is 0. The highest BCUT2D eigenvalue weighted by molar-refractivity contribution is 5.20. The van der Waals surface area contributed by atoms with Gasteiger partial charge < -0.3 is 5.32 Å². The van der Waals surface area contributed by atoms with Gasteiger partial charge in [-0.15, -0.1) is 6.42 Å². The van der Waals surface area contributed by atoms with E-state index in [0.29, 0.717) is 0 Å². The highest BCUT2D eigenvalue weighted by Gasteiger charge is 2.02. The Bertz CT molecular complexity index is 131. The number of allylic oxidation sites excluding steroid dienone is 1. The lowest BCUT2D eigenvalue weighted by Crippen LogP contribution is -2.04. The second-order valence-electron chi connectivity index (χ2n) is 1.90. The lowest BCUT2D eigenvalue weighted by molar-refractivity contribution is 0.862. The second kappa shape index (κ2) is 2.54. The first-order chi connectivity index (χ1) is 3.93. The predicted molar refractivity (Wildman–Crippen MR) is 34.4 cm³/mol. The van der Waals surface area contributed by atoms with Gasteiger partial charge in [0.1, 0.15) is 0 Å². The fraction of sp³-hybridized carbons (Fsp3) is 0.429. The lowest BCUT2D eigenvalue weighted by atomic mass is 10.2. The van der Waals surface area contributed by atoms with Crippen LogP contribution in [0.25, 0.3) is 0 Å². The average Bonchev–Trinajstić information content (AvgIpc) is 2.19. The van der Waals surface area contributed by atoms with E-state index in [9.17, 15) is 0 Å². The van der Waals surface area contributed by atoms with E-state index in [1.807, 2.05) is 6.08 Å². The van der Waals surface area contributed by atoms with Crippen molar-refractivity contribution in [3.05, 3.63) is 11.6 Å². The molecule has 0 atom stereocenters. The van der Waals surface area contributed by atoms with Crippen molar-refractivity contribution in [2.24, 2.45) is 0 Å². The number of hydrogen-bond donors (Lipinski definition) is 1. The molecule has 0 aromatic heterocycles. The molecule has 0 saturated carbocycles. The minimum Gasteiger partial charge on any atom is -0.313 e. The van der Waals surface area contributed by atoms with Crippen molar-refractivity contribution in [2.75, 3.05) is 13.1 Å². The van der Waals surface area contributed by atoms with Gasteiger partial charge in [-0.3, -0.25) is 0 Å². The van der Waals surface area contributed by atoms with Crippen molar-refractivity contribution in [3.8, 4) is 12.3 Å². The second-order valence-corrected chi connectivity index (χ2v) is 1.90. The molecule has 0 aromatic carbocycles. The third kappa shape index (κ3) is 1.11. The molecule has 1 aliphatic rings. The van der Waals surface area contributed by atoms with E-state index in [-0.39, 0.29) is 0 Å². The largest absolute Gasteiger partial charge is 0.313 e. The van der Waals surface area contributed by atoms with Crippen LogP contribution < -0.4 is 5.32 Å². The fourth-order valence-corrected chi connectivity index (χ4v) is 0.827. The van der Waals surface area contributed by atoms with Crippen LogP contribution in [0.4, 0.5) is 0 Å². The van der Waals surface area contributed by atoms with Crippen LogP contribution in [0.15, 0.2) is 11.6 Å². The van der Waals surface area contributed by atoms with Crippen molar-refractivity contribution in [2.45, 2.75) is 6.42 Å². The molecule has 1 rings (SSSR count). The molecule has 1 heteroatoms. The van der Waals surface area contributed by atoms with Gasteiger partial charge in [0, 0.05) is 6.54 Å². The molecule has 1 nitrogen and oxygen atoms in total. The molecule has 8 heavy (non-hydrogen) atoms. The average molecular weight is 107 g/mol. The maximum absolute atomic E-state index is 5.05.